The lowest BCUT2D eigenvalue weighted by atomic mass is 10.1. The van der Waals surface area contributed by atoms with E-state index < -0.39 is 15.7 Å². The largest absolute Gasteiger partial charge is 0.373 e. The fourth-order valence-corrected chi connectivity index (χ4v) is 4.74. The highest BCUT2D eigenvalue weighted by atomic mass is 127. The Morgan fingerprint density at radius 1 is 1.33 bits per heavy atom. The second-order valence-corrected chi connectivity index (χ2v) is 9.95. The monoisotopic (exact) mass is 554 g/mol. The van der Waals surface area contributed by atoms with E-state index in [0.29, 0.717) is 36.2 Å². The first-order valence-corrected chi connectivity index (χ1v) is 12.2. The number of nitrogens with one attached hydrogen (secondary N) is 2. The van der Waals surface area contributed by atoms with Crippen molar-refractivity contribution in [3.8, 4) is 0 Å². The Labute approximate surface area is 195 Å². The van der Waals surface area contributed by atoms with Gasteiger partial charge in [-0.3, -0.25) is 4.90 Å². The molecule has 30 heavy (non-hydrogen) atoms. The van der Waals surface area contributed by atoms with Crippen molar-refractivity contribution in [3.63, 3.8) is 0 Å². The summed E-state index contributed by atoms with van der Waals surface area (Å²) in [7, 11) is -3.22. The summed E-state index contributed by atoms with van der Waals surface area (Å²) in [5.74, 6) is 0.0741. The first-order valence-electron chi connectivity index (χ1n) is 10.2. The number of aliphatic imine (C=N–C) groups is 1. The molecule has 2 fully saturated rings. The SMILES string of the molecule is CCNC(=NCc1cc(F)ccc1CS(C)(=O)=O)NCC1CN2CCCC2CO1.I. The minimum absolute atomic E-state index is 0. The van der Waals surface area contributed by atoms with Crippen LogP contribution in [0.1, 0.15) is 30.9 Å². The van der Waals surface area contributed by atoms with Crippen LogP contribution in [-0.4, -0.2) is 70.5 Å². The molecular formula is C20H32FIN4O3S. The number of morpholine rings is 1. The van der Waals surface area contributed by atoms with Crippen LogP contribution in [0.4, 0.5) is 4.39 Å². The first kappa shape index (κ1) is 25.3. The molecule has 2 unspecified atom stereocenters. The van der Waals surface area contributed by atoms with Crippen molar-refractivity contribution in [2.75, 3.05) is 39.0 Å². The molecule has 0 saturated carbocycles. The maximum Gasteiger partial charge on any atom is 0.191 e. The molecule has 0 aliphatic carbocycles. The molecule has 2 aliphatic rings. The Kier molecular flexibility index (Phi) is 9.76. The maximum absolute atomic E-state index is 13.7. The van der Waals surface area contributed by atoms with Crippen LogP contribution in [0.3, 0.4) is 0 Å². The number of halogens is 2. The number of nitrogens with zero attached hydrogens (tertiary/aromatic N) is 2. The van der Waals surface area contributed by atoms with E-state index in [1.807, 2.05) is 6.92 Å². The topological polar surface area (TPSA) is 83.0 Å². The van der Waals surface area contributed by atoms with Crippen molar-refractivity contribution in [3.05, 3.63) is 35.1 Å². The molecule has 10 heteroatoms. The van der Waals surface area contributed by atoms with Gasteiger partial charge in [0.05, 0.1) is 25.0 Å². The number of fused-ring (bicyclic) bond motifs is 1. The van der Waals surface area contributed by atoms with E-state index in [0.717, 1.165) is 19.7 Å². The average Bonchev–Trinajstić information content (AvgIpc) is 3.12. The van der Waals surface area contributed by atoms with Gasteiger partial charge < -0.3 is 15.4 Å². The predicted octanol–water partition coefficient (Wildman–Crippen LogP) is 1.91. The zero-order valence-electron chi connectivity index (χ0n) is 17.6. The van der Waals surface area contributed by atoms with Gasteiger partial charge in [-0.15, -0.1) is 24.0 Å². The second-order valence-electron chi connectivity index (χ2n) is 7.81. The van der Waals surface area contributed by atoms with Gasteiger partial charge in [-0.1, -0.05) is 6.07 Å². The van der Waals surface area contributed by atoms with Crippen LogP contribution >= 0.6 is 24.0 Å². The lowest BCUT2D eigenvalue weighted by Crippen LogP contribution is -2.51. The van der Waals surface area contributed by atoms with E-state index in [2.05, 4.69) is 20.5 Å². The Bertz CT molecular complexity index is 837. The van der Waals surface area contributed by atoms with Crippen LogP contribution in [0, 0.1) is 5.82 Å². The quantitative estimate of drug-likeness (QED) is 0.305. The second kappa shape index (κ2) is 11.6. The minimum Gasteiger partial charge on any atom is -0.373 e. The van der Waals surface area contributed by atoms with Crippen molar-refractivity contribution >= 4 is 39.8 Å². The number of hydrogen-bond acceptors (Lipinski definition) is 5. The van der Waals surface area contributed by atoms with Crippen LogP contribution in [0.2, 0.25) is 0 Å². The molecule has 0 radical (unpaired) electrons. The van der Waals surface area contributed by atoms with Gasteiger partial charge in [-0.25, -0.2) is 17.8 Å². The Balaban J connectivity index is 0.00000320. The fourth-order valence-electron chi connectivity index (χ4n) is 3.89. The number of rotatable bonds is 7. The molecule has 2 heterocycles. The van der Waals surface area contributed by atoms with Crippen molar-refractivity contribution in [1.29, 1.82) is 0 Å². The normalized spacial score (nSPS) is 22.3. The molecule has 0 aromatic heterocycles. The lowest BCUT2D eigenvalue weighted by Gasteiger charge is -2.35. The third-order valence-corrected chi connectivity index (χ3v) is 6.13. The molecule has 0 bridgehead atoms. The molecular weight excluding hydrogens is 522 g/mol. The van der Waals surface area contributed by atoms with Gasteiger partial charge in [0, 0.05) is 31.9 Å². The lowest BCUT2D eigenvalue weighted by molar-refractivity contribution is -0.0453. The zero-order chi connectivity index (χ0) is 20.9. The van der Waals surface area contributed by atoms with Crippen LogP contribution in [0.15, 0.2) is 23.2 Å². The van der Waals surface area contributed by atoms with E-state index in [4.69, 9.17) is 4.74 Å². The summed E-state index contributed by atoms with van der Waals surface area (Å²) in [6.45, 7) is 6.32. The summed E-state index contributed by atoms with van der Waals surface area (Å²) >= 11 is 0. The Morgan fingerprint density at radius 3 is 2.87 bits per heavy atom. The Hall–Kier alpha value is -0.980. The Morgan fingerprint density at radius 2 is 2.13 bits per heavy atom. The molecule has 0 spiro atoms. The van der Waals surface area contributed by atoms with E-state index in [-0.39, 0.29) is 42.4 Å². The molecule has 1 aromatic rings. The maximum atomic E-state index is 13.7. The number of ether oxygens (including phenoxy) is 1. The van der Waals surface area contributed by atoms with Crippen molar-refractivity contribution in [2.45, 2.75) is 44.2 Å². The summed E-state index contributed by atoms with van der Waals surface area (Å²) in [6, 6.07) is 4.72. The van der Waals surface area contributed by atoms with Gasteiger partial charge in [-0.2, -0.15) is 0 Å². The molecule has 170 valence electrons. The summed E-state index contributed by atoms with van der Waals surface area (Å²) in [4.78, 5) is 7.02. The van der Waals surface area contributed by atoms with Gasteiger partial charge >= 0.3 is 0 Å². The van der Waals surface area contributed by atoms with Gasteiger partial charge in [-0.05, 0) is 49.6 Å². The van der Waals surface area contributed by atoms with Crippen molar-refractivity contribution < 1.29 is 17.5 Å². The number of benzene rings is 1. The zero-order valence-corrected chi connectivity index (χ0v) is 20.7. The molecule has 7 nitrogen and oxygen atoms in total. The summed E-state index contributed by atoms with van der Waals surface area (Å²) in [6.07, 6.45) is 3.72. The van der Waals surface area contributed by atoms with Gasteiger partial charge in [0.15, 0.2) is 15.8 Å². The van der Waals surface area contributed by atoms with E-state index >= 15 is 0 Å². The molecule has 2 saturated heterocycles. The average molecular weight is 554 g/mol. The number of sulfone groups is 1. The summed E-state index contributed by atoms with van der Waals surface area (Å²) in [5.41, 5.74) is 1.14. The minimum atomic E-state index is -3.22. The highest BCUT2D eigenvalue weighted by Crippen LogP contribution is 2.22. The van der Waals surface area contributed by atoms with Gasteiger partial charge in [0.2, 0.25) is 0 Å². The standard InChI is InChI=1S/C20H31FN4O3S.HI/c1-3-22-20(24-11-19-12-25-8-4-5-18(25)13-28-19)23-10-16-9-17(21)7-6-15(16)14-29(2,26)27;/h6-7,9,18-19H,3-5,8,10-14H2,1-2H3,(H2,22,23,24);1H. The number of hydrogen-bond donors (Lipinski definition) is 2. The van der Waals surface area contributed by atoms with Crippen LogP contribution in [-0.2, 0) is 26.9 Å². The van der Waals surface area contributed by atoms with E-state index in [9.17, 15) is 12.8 Å². The molecule has 0 amide bonds. The van der Waals surface area contributed by atoms with Crippen LogP contribution < -0.4 is 10.6 Å². The summed E-state index contributed by atoms with van der Waals surface area (Å²) < 4.78 is 43.0. The first-order chi connectivity index (χ1) is 13.8. The van der Waals surface area contributed by atoms with E-state index in [1.165, 1.54) is 37.3 Å². The molecule has 2 atom stereocenters. The van der Waals surface area contributed by atoms with Crippen molar-refractivity contribution in [2.24, 2.45) is 4.99 Å². The number of guanidine groups is 1. The fraction of sp³-hybridized carbons (Fsp3) is 0.650. The van der Waals surface area contributed by atoms with Crippen LogP contribution in [0.25, 0.3) is 0 Å². The third-order valence-electron chi connectivity index (χ3n) is 5.30. The van der Waals surface area contributed by atoms with Gasteiger partial charge in [0.25, 0.3) is 0 Å². The molecule has 2 aliphatic heterocycles. The molecule has 2 N–H and O–H groups in total. The highest BCUT2D eigenvalue weighted by Gasteiger charge is 2.32. The summed E-state index contributed by atoms with van der Waals surface area (Å²) in [5, 5.41) is 6.48. The molecule has 3 rings (SSSR count). The smallest absolute Gasteiger partial charge is 0.191 e. The predicted molar refractivity (Wildman–Crippen MR) is 128 cm³/mol. The van der Waals surface area contributed by atoms with Crippen LogP contribution in [0.5, 0.6) is 0 Å². The van der Waals surface area contributed by atoms with Crippen molar-refractivity contribution in [1.82, 2.24) is 15.5 Å². The van der Waals surface area contributed by atoms with E-state index in [1.54, 1.807) is 0 Å². The van der Waals surface area contributed by atoms with Gasteiger partial charge in [0.1, 0.15) is 5.82 Å². The molecule has 1 aromatic carbocycles. The highest BCUT2D eigenvalue weighted by molar-refractivity contribution is 14.0. The third kappa shape index (κ3) is 7.61.